The molecule has 78 valence electrons. The first-order valence-corrected chi connectivity index (χ1v) is 6.15. The zero-order valence-electron chi connectivity index (χ0n) is 8.65. The lowest BCUT2D eigenvalue weighted by Gasteiger charge is -2.03. The summed E-state index contributed by atoms with van der Waals surface area (Å²) in [6.45, 7) is 2.01. The highest BCUT2D eigenvalue weighted by atomic mass is 32.1. The van der Waals surface area contributed by atoms with Gasteiger partial charge in [0.15, 0.2) is 0 Å². The lowest BCUT2D eigenvalue weighted by molar-refractivity contribution is 0.688. The zero-order chi connectivity index (χ0) is 10.3. The van der Waals surface area contributed by atoms with Gasteiger partial charge in [0, 0.05) is 6.54 Å². The molecule has 2 rings (SSSR count). The summed E-state index contributed by atoms with van der Waals surface area (Å²) in [4.78, 5) is 0. The molecular formula is C13H15NS. The maximum atomic E-state index is 3.44. The Morgan fingerprint density at radius 3 is 2.60 bits per heavy atom. The van der Waals surface area contributed by atoms with E-state index in [9.17, 15) is 0 Å². The average molecular weight is 217 g/mol. The van der Waals surface area contributed by atoms with Gasteiger partial charge in [0.05, 0.1) is 0 Å². The molecule has 15 heavy (non-hydrogen) atoms. The Morgan fingerprint density at radius 1 is 1.00 bits per heavy atom. The summed E-state index contributed by atoms with van der Waals surface area (Å²) in [5, 5.41) is 7.79. The molecule has 1 heterocycles. The van der Waals surface area contributed by atoms with E-state index in [1.165, 1.54) is 11.1 Å². The van der Waals surface area contributed by atoms with Crippen molar-refractivity contribution in [1.82, 2.24) is 5.32 Å². The summed E-state index contributed by atoms with van der Waals surface area (Å²) in [5.41, 5.74) is 2.78. The van der Waals surface area contributed by atoms with Crippen LogP contribution in [-0.4, -0.2) is 6.54 Å². The van der Waals surface area contributed by atoms with Crippen molar-refractivity contribution in [3.8, 4) is 0 Å². The summed E-state index contributed by atoms with van der Waals surface area (Å²) in [6, 6.07) is 12.7. The first-order chi connectivity index (χ1) is 7.45. The van der Waals surface area contributed by atoms with Gasteiger partial charge in [-0.2, -0.15) is 11.3 Å². The van der Waals surface area contributed by atoms with Gasteiger partial charge in [-0.3, -0.25) is 0 Å². The van der Waals surface area contributed by atoms with Crippen LogP contribution >= 0.6 is 11.3 Å². The van der Waals surface area contributed by atoms with Gasteiger partial charge >= 0.3 is 0 Å². The topological polar surface area (TPSA) is 12.0 Å². The van der Waals surface area contributed by atoms with Crippen molar-refractivity contribution in [2.45, 2.75) is 13.0 Å². The van der Waals surface area contributed by atoms with E-state index in [2.05, 4.69) is 52.5 Å². The van der Waals surface area contributed by atoms with Crippen LogP contribution in [0.2, 0.25) is 0 Å². The van der Waals surface area contributed by atoms with Crippen LogP contribution in [0, 0.1) is 0 Å². The highest BCUT2D eigenvalue weighted by Gasteiger charge is 1.93. The van der Waals surface area contributed by atoms with Crippen LogP contribution in [0.15, 0.2) is 47.2 Å². The molecule has 0 saturated carbocycles. The Bertz CT molecular complexity index is 367. The number of thiophene rings is 1. The minimum absolute atomic E-state index is 0.963. The second-order valence-corrected chi connectivity index (χ2v) is 4.32. The molecule has 0 bridgehead atoms. The van der Waals surface area contributed by atoms with E-state index in [0.717, 1.165) is 19.5 Å². The SMILES string of the molecule is c1ccc(CNCCc2ccsc2)cc1. The summed E-state index contributed by atoms with van der Waals surface area (Å²) < 4.78 is 0. The molecule has 0 aliphatic rings. The first kappa shape index (κ1) is 10.4. The smallest absolute Gasteiger partial charge is 0.0205 e. The van der Waals surface area contributed by atoms with Gasteiger partial charge in [0.2, 0.25) is 0 Å². The van der Waals surface area contributed by atoms with Gasteiger partial charge < -0.3 is 5.32 Å². The standard InChI is InChI=1S/C13H15NS/c1-2-4-12(5-3-1)10-14-8-6-13-7-9-15-11-13/h1-5,7,9,11,14H,6,8,10H2. The minimum Gasteiger partial charge on any atom is -0.312 e. The van der Waals surface area contributed by atoms with Crippen molar-refractivity contribution >= 4 is 11.3 Å². The van der Waals surface area contributed by atoms with E-state index in [1.54, 1.807) is 11.3 Å². The lowest BCUT2D eigenvalue weighted by atomic mass is 10.2. The Morgan fingerprint density at radius 2 is 1.87 bits per heavy atom. The fraction of sp³-hybridized carbons (Fsp3) is 0.231. The van der Waals surface area contributed by atoms with Crippen molar-refractivity contribution < 1.29 is 0 Å². The van der Waals surface area contributed by atoms with Gasteiger partial charge in [0.1, 0.15) is 0 Å². The molecule has 0 spiro atoms. The van der Waals surface area contributed by atoms with Gasteiger partial charge in [-0.1, -0.05) is 30.3 Å². The van der Waals surface area contributed by atoms with E-state index in [-0.39, 0.29) is 0 Å². The quantitative estimate of drug-likeness (QED) is 0.759. The molecule has 1 aromatic carbocycles. The largest absolute Gasteiger partial charge is 0.312 e. The highest BCUT2D eigenvalue weighted by molar-refractivity contribution is 7.07. The van der Waals surface area contributed by atoms with Gasteiger partial charge in [-0.25, -0.2) is 0 Å². The maximum absolute atomic E-state index is 3.44. The maximum Gasteiger partial charge on any atom is 0.0205 e. The third-order valence-electron chi connectivity index (χ3n) is 2.34. The average Bonchev–Trinajstić information content (AvgIpc) is 2.79. The predicted octanol–water partition coefficient (Wildman–Crippen LogP) is 3.08. The van der Waals surface area contributed by atoms with E-state index in [1.807, 2.05) is 0 Å². The van der Waals surface area contributed by atoms with Gasteiger partial charge in [-0.15, -0.1) is 0 Å². The predicted molar refractivity (Wildman–Crippen MR) is 66.2 cm³/mol. The third kappa shape index (κ3) is 3.50. The highest BCUT2D eigenvalue weighted by Crippen LogP contribution is 2.05. The molecule has 0 amide bonds. The molecule has 1 N–H and O–H groups in total. The second kappa shape index (κ2) is 5.69. The lowest BCUT2D eigenvalue weighted by Crippen LogP contribution is -2.16. The minimum atomic E-state index is 0.963. The molecule has 0 atom stereocenters. The molecule has 2 heteroatoms. The molecule has 0 fully saturated rings. The van der Waals surface area contributed by atoms with E-state index < -0.39 is 0 Å². The van der Waals surface area contributed by atoms with Crippen molar-refractivity contribution in [2.24, 2.45) is 0 Å². The number of benzene rings is 1. The molecule has 2 aromatic rings. The van der Waals surface area contributed by atoms with Crippen LogP contribution < -0.4 is 5.32 Å². The molecule has 1 nitrogen and oxygen atoms in total. The monoisotopic (exact) mass is 217 g/mol. The normalized spacial score (nSPS) is 10.4. The summed E-state index contributed by atoms with van der Waals surface area (Å²) in [6.07, 6.45) is 1.12. The summed E-state index contributed by atoms with van der Waals surface area (Å²) in [7, 11) is 0. The van der Waals surface area contributed by atoms with Gasteiger partial charge in [-0.05, 0) is 40.9 Å². The molecule has 0 aliphatic heterocycles. The molecular weight excluding hydrogens is 202 g/mol. The number of hydrogen-bond acceptors (Lipinski definition) is 2. The van der Waals surface area contributed by atoms with Crippen LogP contribution in [0.25, 0.3) is 0 Å². The Labute approximate surface area is 94.8 Å². The molecule has 0 radical (unpaired) electrons. The number of nitrogens with one attached hydrogen (secondary N) is 1. The van der Waals surface area contributed by atoms with Crippen molar-refractivity contribution in [3.05, 3.63) is 58.3 Å². The molecule has 1 aromatic heterocycles. The second-order valence-electron chi connectivity index (χ2n) is 3.54. The molecule has 0 saturated heterocycles. The molecule has 0 aliphatic carbocycles. The zero-order valence-corrected chi connectivity index (χ0v) is 9.46. The molecule has 0 unspecified atom stereocenters. The Hall–Kier alpha value is -1.12. The fourth-order valence-electron chi connectivity index (χ4n) is 1.50. The van der Waals surface area contributed by atoms with Crippen LogP contribution in [0.4, 0.5) is 0 Å². The van der Waals surface area contributed by atoms with Crippen LogP contribution in [-0.2, 0) is 13.0 Å². The first-order valence-electron chi connectivity index (χ1n) is 5.21. The fourth-order valence-corrected chi connectivity index (χ4v) is 2.20. The summed E-state index contributed by atoms with van der Waals surface area (Å²) in [5.74, 6) is 0. The van der Waals surface area contributed by atoms with Gasteiger partial charge in [0.25, 0.3) is 0 Å². The van der Waals surface area contributed by atoms with Crippen LogP contribution in [0.3, 0.4) is 0 Å². The van der Waals surface area contributed by atoms with Crippen LogP contribution in [0.5, 0.6) is 0 Å². The number of hydrogen-bond donors (Lipinski definition) is 1. The Kier molecular flexibility index (Phi) is 3.94. The van der Waals surface area contributed by atoms with Crippen molar-refractivity contribution in [3.63, 3.8) is 0 Å². The van der Waals surface area contributed by atoms with E-state index >= 15 is 0 Å². The van der Waals surface area contributed by atoms with Crippen molar-refractivity contribution in [1.29, 1.82) is 0 Å². The number of rotatable bonds is 5. The third-order valence-corrected chi connectivity index (χ3v) is 3.07. The Balaban J connectivity index is 1.68. The summed E-state index contributed by atoms with van der Waals surface area (Å²) >= 11 is 1.77. The van der Waals surface area contributed by atoms with Crippen LogP contribution in [0.1, 0.15) is 11.1 Å². The van der Waals surface area contributed by atoms with E-state index in [0.29, 0.717) is 0 Å². The van der Waals surface area contributed by atoms with E-state index in [4.69, 9.17) is 0 Å². The van der Waals surface area contributed by atoms with Crippen molar-refractivity contribution in [2.75, 3.05) is 6.54 Å².